The summed E-state index contributed by atoms with van der Waals surface area (Å²) >= 11 is 0. The van der Waals surface area contributed by atoms with E-state index < -0.39 is 10.0 Å². The number of amidine groups is 1. The molecule has 0 unspecified atom stereocenters. The monoisotopic (exact) mass is 160 g/mol. The molecular weight excluding hydrogens is 148 g/mol. The molecule has 0 amide bonds. The van der Waals surface area contributed by atoms with E-state index in [4.69, 9.17) is 10.8 Å². The third kappa shape index (κ3) is 1.17. The molecule has 0 fully saturated rings. The second kappa shape index (κ2) is 2.29. The van der Waals surface area contributed by atoms with Crippen molar-refractivity contribution in [2.45, 2.75) is 0 Å². The molecule has 0 spiro atoms. The number of aliphatic hydroxyl groups excluding tert-OH is 1. The maximum absolute atomic E-state index is 8.70. The van der Waals surface area contributed by atoms with Gasteiger partial charge in [-0.05, 0) is 17.9 Å². The highest BCUT2D eigenvalue weighted by atomic mass is 32.3. The van der Waals surface area contributed by atoms with E-state index in [0.29, 0.717) is 10.9 Å². The molecule has 58 valence electrons. The van der Waals surface area contributed by atoms with Crippen molar-refractivity contribution < 1.29 is 5.11 Å². The van der Waals surface area contributed by atoms with E-state index in [-0.39, 0.29) is 6.61 Å². The smallest absolute Gasteiger partial charge is 0.144 e. The zero-order valence-electron chi connectivity index (χ0n) is 6.16. The lowest BCUT2D eigenvalue weighted by Crippen LogP contribution is -2.14. The predicted octanol–water partition coefficient (Wildman–Crippen LogP) is 0.213. The van der Waals surface area contributed by atoms with E-state index in [1.807, 2.05) is 5.41 Å². The summed E-state index contributed by atoms with van der Waals surface area (Å²) < 4.78 is 0. The Bertz CT molecular complexity index is 208. The molecule has 0 saturated carbocycles. The molecule has 0 aromatic rings. The quantitative estimate of drug-likeness (QED) is 0.576. The summed E-state index contributed by atoms with van der Waals surface area (Å²) in [6.07, 6.45) is 4.10. The average molecular weight is 160 g/mol. The molecule has 0 bridgehead atoms. The molecule has 1 aliphatic heterocycles. The molecular formula is C6H12N2OS. The van der Waals surface area contributed by atoms with Crippen molar-refractivity contribution in [1.82, 2.24) is 0 Å². The molecule has 0 aromatic carbocycles. The first kappa shape index (κ1) is 7.63. The number of aliphatic imine (C=N–C) groups is 1. The van der Waals surface area contributed by atoms with Gasteiger partial charge in [0.25, 0.3) is 0 Å². The first-order valence-corrected chi connectivity index (χ1v) is 5.46. The fourth-order valence-electron chi connectivity index (χ4n) is 0.759. The molecule has 1 heterocycles. The number of aliphatic hydroxyl groups is 1. The van der Waals surface area contributed by atoms with Gasteiger partial charge in [0.15, 0.2) is 0 Å². The Morgan fingerprint density at radius 1 is 1.70 bits per heavy atom. The molecule has 0 atom stereocenters. The van der Waals surface area contributed by atoms with Gasteiger partial charge in [-0.2, -0.15) is 10.0 Å². The molecule has 4 heteroatoms. The lowest BCUT2D eigenvalue weighted by Gasteiger charge is -2.20. The zero-order chi connectivity index (χ0) is 7.78. The summed E-state index contributed by atoms with van der Waals surface area (Å²) in [6.45, 7) is -0.00285. The second-order valence-corrected chi connectivity index (χ2v) is 6.09. The lowest BCUT2D eigenvalue weighted by molar-refractivity contribution is 0.330. The van der Waals surface area contributed by atoms with E-state index in [1.54, 1.807) is 0 Å². The summed E-state index contributed by atoms with van der Waals surface area (Å²) in [5.74, 6) is 0. The van der Waals surface area contributed by atoms with Gasteiger partial charge in [-0.1, -0.05) is 0 Å². The average Bonchev–Trinajstić information content (AvgIpc) is 2.08. The van der Waals surface area contributed by atoms with Gasteiger partial charge in [0.1, 0.15) is 5.17 Å². The SMILES string of the molecule is CS1(C)C=C(CO)N=C1N. The van der Waals surface area contributed by atoms with Crippen LogP contribution in [0.3, 0.4) is 0 Å². The first-order valence-electron chi connectivity index (χ1n) is 2.95. The van der Waals surface area contributed by atoms with Crippen LogP contribution in [0.2, 0.25) is 0 Å². The fraction of sp³-hybridized carbons (Fsp3) is 0.500. The Morgan fingerprint density at radius 2 is 2.30 bits per heavy atom. The van der Waals surface area contributed by atoms with Crippen LogP contribution in [0.1, 0.15) is 0 Å². The van der Waals surface area contributed by atoms with Crippen molar-refractivity contribution in [1.29, 1.82) is 0 Å². The number of nitrogens with two attached hydrogens (primary N) is 1. The molecule has 0 saturated heterocycles. The number of rotatable bonds is 1. The fourth-order valence-corrected chi connectivity index (χ4v) is 2.04. The summed E-state index contributed by atoms with van der Waals surface area (Å²) in [5.41, 5.74) is 6.31. The van der Waals surface area contributed by atoms with Crippen molar-refractivity contribution in [3.63, 3.8) is 0 Å². The molecule has 3 nitrogen and oxygen atoms in total. The standard InChI is InChI=1S/C6H12N2OS/c1-10(2)4-5(3-9)8-6(10)7/h4,9H,3H2,1-2H3,(H2,7,8). The summed E-state index contributed by atoms with van der Waals surface area (Å²) in [7, 11) is -0.981. The first-order chi connectivity index (χ1) is 4.56. The molecule has 1 aliphatic rings. The molecule has 0 radical (unpaired) electrons. The van der Waals surface area contributed by atoms with Crippen LogP contribution in [-0.2, 0) is 0 Å². The topological polar surface area (TPSA) is 58.6 Å². The highest BCUT2D eigenvalue weighted by molar-refractivity contribution is 8.46. The van der Waals surface area contributed by atoms with Crippen LogP contribution in [0.5, 0.6) is 0 Å². The third-order valence-corrected chi connectivity index (χ3v) is 3.42. The Hall–Kier alpha value is -0.480. The van der Waals surface area contributed by atoms with E-state index in [2.05, 4.69) is 17.5 Å². The van der Waals surface area contributed by atoms with Crippen molar-refractivity contribution in [3.05, 3.63) is 11.1 Å². The van der Waals surface area contributed by atoms with Gasteiger partial charge in [0, 0.05) is 0 Å². The normalized spacial score (nSPS) is 25.5. The summed E-state index contributed by atoms with van der Waals surface area (Å²) in [5, 5.41) is 11.3. The van der Waals surface area contributed by atoms with Crippen LogP contribution in [0.4, 0.5) is 0 Å². The van der Waals surface area contributed by atoms with E-state index in [9.17, 15) is 0 Å². The van der Waals surface area contributed by atoms with Gasteiger partial charge in [0.2, 0.25) is 0 Å². The maximum Gasteiger partial charge on any atom is 0.144 e. The highest BCUT2D eigenvalue weighted by Gasteiger charge is 2.20. The number of hydrogen-bond donors (Lipinski definition) is 2. The summed E-state index contributed by atoms with van der Waals surface area (Å²) in [4.78, 5) is 4.00. The van der Waals surface area contributed by atoms with E-state index in [0.717, 1.165) is 0 Å². The van der Waals surface area contributed by atoms with Crippen LogP contribution < -0.4 is 5.73 Å². The summed E-state index contributed by atoms with van der Waals surface area (Å²) in [6, 6.07) is 0. The minimum atomic E-state index is -0.981. The van der Waals surface area contributed by atoms with Crippen molar-refractivity contribution in [3.8, 4) is 0 Å². The second-order valence-electron chi connectivity index (χ2n) is 2.62. The Balaban J connectivity index is 2.88. The third-order valence-electron chi connectivity index (χ3n) is 1.39. The van der Waals surface area contributed by atoms with Crippen molar-refractivity contribution in [2.75, 3.05) is 19.1 Å². The van der Waals surface area contributed by atoms with Gasteiger partial charge >= 0.3 is 0 Å². The maximum atomic E-state index is 8.70. The minimum absolute atomic E-state index is 0.00285. The highest BCUT2D eigenvalue weighted by Crippen LogP contribution is 2.46. The van der Waals surface area contributed by atoms with Crippen LogP contribution in [0.15, 0.2) is 16.1 Å². The van der Waals surface area contributed by atoms with E-state index in [1.165, 1.54) is 0 Å². The Kier molecular flexibility index (Phi) is 1.74. The van der Waals surface area contributed by atoms with Gasteiger partial charge in [-0.3, -0.25) is 0 Å². The van der Waals surface area contributed by atoms with Gasteiger partial charge in [0.05, 0.1) is 12.3 Å². The minimum Gasteiger partial charge on any atom is -0.390 e. The molecule has 10 heavy (non-hydrogen) atoms. The van der Waals surface area contributed by atoms with Crippen LogP contribution in [0.25, 0.3) is 0 Å². The van der Waals surface area contributed by atoms with E-state index >= 15 is 0 Å². The van der Waals surface area contributed by atoms with Crippen LogP contribution >= 0.6 is 10.0 Å². The predicted molar refractivity (Wildman–Crippen MR) is 46.2 cm³/mol. The number of hydrogen-bond acceptors (Lipinski definition) is 3. The molecule has 0 aromatic heterocycles. The molecule has 0 aliphatic carbocycles. The molecule has 3 N–H and O–H groups in total. The van der Waals surface area contributed by atoms with Crippen molar-refractivity contribution in [2.24, 2.45) is 10.7 Å². The van der Waals surface area contributed by atoms with Crippen LogP contribution in [-0.4, -0.2) is 29.4 Å². The Labute approximate surface area is 62.0 Å². The lowest BCUT2D eigenvalue weighted by atomic mass is 10.6. The van der Waals surface area contributed by atoms with Gasteiger partial charge in [-0.25, -0.2) is 4.99 Å². The van der Waals surface area contributed by atoms with Gasteiger partial charge in [-0.15, -0.1) is 0 Å². The largest absolute Gasteiger partial charge is 0.390 e. The van der Waals surface area contributed by atoms with Crippen molar-refractivity contribution >= 4 is 15.2 Å². The number of nitrogens with zero attached hydrogens (tertiary/aromatic N) is 1. The zero-order valence-corrected chi connectivity index (χ0v) is 6.98. The Morgan fingerprint density at radius 3 is 2.50 bits per heavy atom. The molecule has 1 rings (SSSR count). The van der Waals surface area contributed by atoms with Crippen LogP contribution in [0, 0.1) is 0 Å². The van der Waals surface area contributed by atoms with Gasteiger partial charge < -0.3 is 10.8 Å².